The van der Waals surface area contributed by atoms with Gasteiger partial charge in [-0.05, 0) is 18.1 Å². The monoisotopic (exact) mass is 157 g/mol. The molecule has 2 rings (SSSR count). The van der Waals surface area contributed by atoms with Gasteiger partial charge in [-0.15, -0.1) is 0 Å². The highest BCUT2D eigenvalue weighted by Crippen LogP contribution is 2.20. The predicted molar refractivity (Wildman–Crippen MR) is 52.1 cm³/mol. The number of para-hydroxylation sites is 1. The molecule has 0 amide bonds. The molecule has 1 heteroatoms. The van der Waals surface area contributed by atoms with Crippen LogP contribution in [0.15, 0.2) is 41.4 Å². The average molecular weight is 157 g/mol. The largest absolute Gasteiger partial charge is 0.261 e. The zero-order chi connectivity index (χ0) is 8.23. The number of aliphatic imine (C=N–C) groups is 1. The van der Waals surface area contributed by atoms with E-state index in [1.54, 1.807) is 0 Å². The Hall–Kier alpha value is -1.37. The lowest BCUT2D eigenvalue weighted by molar-refractivity contribution is 1.22. The molecule has 0 atom stereocenters. The van der Waals surface area contributed by atoms with Crippen molar-refractivity contribution >= 4 is 11.9 Å². The molecule has 0 saturated heterocycles. The molecule has 12 heavy (non-hydrogen) atoms. The summed E-state index contributed by atoms with van der Waals surface area (Å²) in [6.07, 6.45) is 8.26. The maximum absolute atomic E-state index is 4.37. The van der Waals surface area contributed by atoms with Crippen molar-refractivity contribution in [2.24, 2.45) is 4.99 Å². The maximum Gasteiger partial charge on any atom is 0.0660 e. The molecule has 0 radical (unpaired) electrons. The third-order valence-electron chi connectivity index (χ3n) is 1.97. The summed E-state index contributed by atoms with van der Waals surface area (Å²) in [5, 5.41) is 0. The first kappa shape index (κ1) is 7.29. The third-order valence-corrected chi connectivity index (χ3v) is 1.97. The lowest BCUT2D eigenvalue weighted by atomic mass is 10.1. The van der Waals surface area contributed by atoms with Crippen LogP contribution < -0.4 is 0 Å². The summed E-state index contributed by atoms with van der Waals surface area (Å²) in [5.74, 6) is 0. The minimum absolute atomic E-state index is 0.953. The minimum atomic E-state index is 0.953. The first-order chi connectivity index (χ1) is 5.97. The molecule has 0 bridgehead atoms. The van der Waals surface area contributed by atoms with Gasteiger partial charge in [-0.25, -0.2) is 0 Å². The van der Waals surface area contributed by atoms with Gasteiger partial charge in [0.1, 0.15) is 0 Å². The fourth-order valence-electron chi connectivity index (χ4n) is 1.33. The molecular formula is C11H11N. The number of hydrogen-bond acceptors (Lipinski definition) is 1. The Kier molecular flexibility index (Phi) is 2.04. The van der Waals surface area contributed by atoms with E-state index < -0.39 is 0 Å². The van der Waals surface area contributed by atoms with Crippen LogP contribution in [0.5, 0.6) is 0 Å². The molecule has 1 nitrogen and oxygen atoms in total. The van der Waals surface area contributed by atoms with Crippen LogP contribution in [0.4, 0.5) is 5.69 Å². The Morgan fingerprint density at radius 2 is 2.00 bits per heavy atom. The van der Waals surface area contributed by atoms with Crippen LogP contribution in [-0.2, 0) is 6.42 Å². The fraction of sp³-hybridized carbons (Fsp3) is 0.182. The van der Waals surface area contributed by atoms with Crippen LogP contribution in [0.1, 0.15) is 12.0 Å². The van der Waals surface area contributed by atoms with E-state index in [-0.39, 0.29) is 0 Å². The van der Waals surface area contributed by atoms with Crippen molar-refractivity contribution in [3.8, 4) is 0 Å². The third kappa shape index (κ3) is 1.45. The van der Waals surface area contributed by atoms with Crippen molar-refractivity contribution in [2.75, 3.05) is 0 Å². The molecule has 0 spiro atoms. The van der Waals surface area contributed by atoms with Crippen LogP contribution in [-0.4, -0.2) is 6.21 Å². The highest BCUT2D eigenvalue weighted by Gasteiger charge is 1.97. The predicted octanol–water partition coefficient (Wildman–Crippen LogP) is 2.89. The molecule has 0 N–H and O–H groups in total. The Balaban J connectivity index is 2.44. The van der Waals surface area contributed by atoms with E-state index in [9.17, 15) is 0 Å². The minimum Gasteiger partial charge on any atom is -0.261 e. The molecule has 1 aromatic carbocycles. The number of rotatable bonds is 0. The van der Waals surface area contributed by atoms with Gasteiger partial charge in [0.15, 0.2) is 0 Å². The van der Waals surface area contributed by atoms with Crippen LogP contribution in [0.2, 0.25) is 0 Å². The summed E-state index contributed by atoms with van der Waals surface area (Å²) in [4.78, 5) is 4.37. The van der Waals surface area contributed by atoms with E-state index in [4.69, 9.17) is 0 Å². The number of nitrogens with zero attached hydrogens (tertiary/aromatic N) is 1. The first-order valence-electron chi connectivity index (χ1n) is 4.22. The van der Waals surface area contributed by atoms with Gasteiger partial charge in [-0.1, -0.05) is 30.4 Å². The SMILES string of the molecule is C1=CCc2ccccc2N=CC1. The molecule has 0 saturated carbocycles. The lowest BCUT2D eigenvalue weighted by Crippen LogP contribution is -1.85. The van der Waals surface area contributed by atoms with Crippen LogP contribution in [0, 0.1) is 0 Å². The van der Waals surface area contributed by atoms with Crippen molar-refractivity contribution in [3.63, 3.8) is 0 Å². The second-order valence-corrected chi connectivity index (χ2v) is 2.85. The van der Waals surface area contributed by atoms with Crippen molar-refractivity contribution < 1.29 is 0 Å². The van der Waals surface area contributed by atoms with Crippen molar-refractivity contribution in [1.82, 2.24) is 0 Å². The fourth-order valence-corrected chi connectivity index (χ4v) is 1.33. The van der Waals surface area contributed by atoms with Gasteiger partial charge in [0.25, 0.3) is 0 Å². The van der Waals surface area contributed by atoms with Crippen LogP contribution >= 0.6 is 0 Å². The molecular weight excluding hydrogens is 146 g/mol. The summed E-state index contributed by atoms with van der Waals surface area (Å²) in [7, 11) is 0. The lowest BCUT2D eigenvalue weighted by Gasteiger charge is -2.03. The Morgan fingerprint density at radius 3 is 3.00 bits per heavy atom. The molecule has 0 fully saturated rings. The molecule has 0 aliphatic carbocycles. The molecule has 0 unspecified atom stereocenters. The van der Waals surface area contributed by atoms with E-state index in [1.165, 1.54) is 5.56 Å². The summed E-state index contributed by atoms with van der Waals surface area (Å²) in [5.41, 5.74) is 2.42. The van der Waals surface area contributed by atoms with Gasteiger partial charge >= 0.3 is 0 Å². The average Bonchev–Trinajstić information content (AvgIpc) is 2.06. The zero-order valence-corrected chi connectivity index (χ0v) is 6.90. The quantitative estimate of drug-likeness (QED) is 0.513. The molecule has 1 aliphatic rings. The van der Waals surface area contributed by atoms with E-state index in [2.05, 4.69) is 35.3 Å². The molecule has 1 aliphatic heterocycles. The topological polar surface area (TPSA) is 12.4 Å². The smallest absolute Gasteiger partial charge is 0.0660 e. The highest BCUT2D eigenvalue weighted by molar-refractivity contribution is 5.67. The number of fused-ring (bicyclic) bond motifs is 1. The highest BCUT2D eigenvalue weighted by atomic mass is 14.7. The van der Waals surface area contributed by atoms with Gasteiger partial charge in [-0.3, -0.25) is 4.99 Å². The molecule has 1 aromatic rings. The van der Waals surface area contributed by atoms with Crippen LogP contribution in [0.3, 0.4) is 0 Å². The van der Waals surface area contributed by atoms with Gasteiger partial charge in [0.05, 0.1) is 5.69 Å². The first-order valence-corrected chi connectivity index (χ1v) is 4.22. The van der Waals surface area contributed by atoms with Gasteiger partial charge in [0.2, 0.25) is 0 Å². The summed E-state index contributed by atoms with van der Waals surface area (Å²) < 4.78 is 0. The van der Waals surface area contributed by atoms with Crippen LogP contribution in [0.25, 0.3) is 0 Å². The summed E-state index contributed by atoms with van der Waals surface area (Å²) in [6, 6.07) is 8.28. The normalized spacial score (nSPS) is 15.0. The van der Waals surface area contributed by atoms with Gasteiger partial charge < -0.3 is 0 Å². The molecule has 0 aromatic heterocycles. The Morgan fingerprint density at radius 1 is 1.08 bits per heavy atom. The second kappa shape index (κ2) is 3.35. The number of hydrogen-bond donors (Lipinski definition) is 0. The van der Waals surface area contributed by atoms with E-state index >= 15 is 0 Å². The van der Waals surface area contributed by atoms with E-state index in [1.807, 2.05) is 12.3 Å². The second-order valence-electron chi connectivity index (χ2n) is 2.85. The van der Waals surface area contributed by atoms with Crippen molar-refractivity contribution in [3.05, 3.63) is 42.0 Å². The molecule has 60 valence electrons. The summed E-state index contributed by atoms with van der Waals surface area (Å²) in [6.45, 7) is 0. The summed E-state index contributed by atoms with van der Waals surface area (Å²) >= 11 is 0. The van der Waals surface area contributed by atoms with E-state index in [0.29, 0.717) is 0 Å². The zero-order valence-electron chi connectivity index (χ0n) is 6.90. The van der Waals surface area contributed by atoms with E-state index in [0.717, 1.165) is 18.5 Å². The maximum atomic E-state index is 4.37. The van der Waals surface area contributed by atoms with Gasteiger partial charge in [0, 0.05) is 12.6 Å². The van der Waals surface area contributed by atoms with Crippen molar-refractivity contribution in [2.45, 2.75) is 12.8 Å². The van der Waals surface area contributed by atoms with Crippen molar-refractivity contribution in [1.29, 1.82) is 0 Å². The Bertz CT molecular complexity index is 324. The Labute approximate surface area is 72.5 Å². The number of benzene rings is 1. The number of allylic oxidation sites excluding steroid dienone is 2. The standard InChI is InChI=1S/C11H11N/c1-2-6-10-7-3-4-8-11(10)12-9-5-1/h1-4,7-9H,5-6H2. The molecule has 1 heterocycles. The van der Waals surface area contributed by atoms with Gasteiger partial charge in [-0.2, -0.15) is 0 Å².